The van der Waals surface area contributed by atoms with Crippen molar-refractivity contribution in [3.05, 3.63) is 89.6 Å². The van der Waals surface area contributed by atoms with Gasteiger partial charge in [-0.15, -0.1) is 5.10 Å². The minimum absolute atomic E-state index is 0.158. The summed E-state index contributed by atoms with van der Waals surface area (Å²) >= 11 is 0. The highest BCUT2D eigenvalue weighted by molar-refractivity contribution is 5.94. The van der Waals surface area contributed by atoms with E-state index < -0.39 is 5.91 Å². The number of halogens is 1. The van der Waals surface area contributed by atoms with E-state index in [1.54, 1.807) is 24.3 Å². The average Bonchev–Trinajstić information content (AvgIpc) is 3.38. The summed E-state index contributed by atoms with van der Waals surface area (Å²) in [4.78, 5) is 17.2. The van der Waals surface area contributed by atoms with Crippen molar-refractivity contribution >= 4 is 11.9 Å². The highest BCUT2D eigenvalue weighted by atomic mass is 19.1. The van der Waals surface area contributed by atoms with Crippen LogP contribution in [0, 0.1) is 12.7 Å². The summed E-state index contributed by atoms with van der Waals surface area (Å²) in [6, 6.07) is 17.0. The Morgan fingerprint density at radius 3 is 2.54 bits per heavy atom. The lowest BCUT2D eigenvalue weighted by molar-refractivity contribution is 0.0919. The fourth-order valence-electron chi connectivity index (χ4n) is 2.68. The van der Waals surface area contributed by atoms with Crippen LogP contribution in [0.3, 0.4) is 0 Å². The van der Waals surface area contributed by atoms with Gasteiger partial charge >= 0.3 is 5.91 Å². The molecule has 0 saturated carbocycles. The molecule has 2 aromatic heterocycles. The Bertz CT molecular complexity index is 1080. The van der Waals surface area contributed by atoms with E-state index in [2.05, 4.69) is 15.4 Å². The molecule has 7 heteroatoms. The van der Waals surface area contributed by atoms with Crippen LogP contribution < -0.4 is 5.32 Å². The molecule has 28 heavy (non-hydrogen) atoms. The predicted octanol–water partition coefficient (Wildman–Crippen LogP) is 4.29. The zero-order chi connectivity index (χ0) is 19.5. The van der Waals surface area contributed by atoms with Gasteiger partial charge in [0.25, 0.3) is 0 Å². The van der Waals surface area contributed by atoms with Gasteiger partial charge in [0.1, 0.15) is 5.82 Å². The van der Waals surface area contributed by atoms with E-state index in [9.17, 15) is 9.18 Å². The van der Waals surface area contributed by atoms with Crippen molar-refractivity contribution in [1.29, 1.82) is 0 Å². The molecule has 0 atom stereocenters. The van der Waals surface area contributed by atoms with Crippen LogP contribution in [-0.2, 0) is 6.54 Å². The number of aromatic nitrogens is 3. The summed E-state index contributed by atoms with van der Waals surface area (Å²) < 4.78 is 19.5. The number of carbonyl (C=O) groups is 1. The Hall–Kier alpha value is -3.74. The van der Waals surface area contributed by atoms with E-state index in [-0.39, 0.29) is 17.5 Å². The van der Waals surface area contributed by atoms with E-state index in [1.807, 2.05) is 31.2 Å². The fourth-order valence-corrected chi connectivity index (χ4v) is 2.68. The molecule has 0 aliphatic rings. The first-order valence-corrected chi connectivity index (χ1v) is 8.71. The van der Waals surface area contributed by atoms with Crippen LogP contribution in [0.2, 0.25) is 0 Å². The second-order valence-corrected chi connectivity index (χ2v) is 6.30. The summed E-state index contributed by atoms with van der Waals surface area (Å²) in [6.45, 7) is 2.35. The molecule has 140 valence electrons. The molecule has 0 aliphatic carbocycles. The van der Waals surface area contributed by atoms with E-state index in [0.717, 1.165) is 16.7 Å². The van der Waals surface area contributed by atoms with Crippen LogP contribution in [0.15, 0.2) is 71.3 Å². The predicted molar refractivity (Wildman–Crippen MR) is 102 cm³/mol. The van der Waals surface area contributed by atoms with Crippen LogP contribution in [0.4, 0.5) is 10.3 Å². The molecule has 2 heterocycles. The largest absolute Gasteiger partial charge is 0.459 e. The van der Waals surface area contributed by atoms with Gasteiger partial charge in [-0.3, -0.25) is 4.79 Å². The molecule has 6 nitrogen and oxygen atoms in total. The van der Waals surface area contributed by atoms with Crippen LogP contribution in [0.5, 0.6) is 0 Å². The third-order valence-electron chi connectivity index (χ3n) is 4.21. The molecule has 0 aliphatic heterocycles. The number of benzene rings is 2. The lowest BCUT2D eigenvalue weighted by Gasteiger charge is -2.06. The molecule has 4 aromatic rings. The van der Waals surface area contributed by atoms with Gasteiger partial charge < -0.3 is 9.73 Å². The molecule has 4 rings (SSSR count). The maximum absolute atomic E-state index is 13.1. The fraction of sp³-hybridized carbons (Fsp3) is 0.0952. The van der Waals surface area contributed by atoms with E-state index in [4.69, 9.17) is 4.42 Å². The molecular formula is C21H17FN4O2. The van der Waals surface area contributed by atoms with Crippen molar-refractivity contribution in [3.63, 3.8) is 0 Å². The van der Waals surface area contributed by atoms with Crippen LogP contribution in [-0.4, -0.2) is 20.7 Å². The summed E-state index contributed by atoms with van der Waals surface area (Å²) in [7, 11) is 0. The quantitative estimate of drug-likeness (QED) is 0.563. The molecule has 0 bridgehead atoms. The van der Waals surface area contributed by atoms with Crippen molar-refractivity contribution in [2.45, 2.75) is 13.5 Å². The maximum Gasteiger partial charge on any atom is 0.317 e. The first-order chi connectivity index (χ1) is 13.6. The zero-order valence-corrected chi connectivity index (χ0v) is 15.1. The SMILES string of the molecule is Cc1ccc(-c2nc(NCc3ccc(F)cc3)n(C(=O)c3ccco3)n2)cc1. The van der Waals surface area contributed by atoms with Gasteiger partial charge in [-0.25, -0.2) is 4.39 Å². The topological polar surface area (TPSA) is 73.0 Å². The van der Waals surface area contributed by atoms with Crippen molar-refractivity contribution < 1.29 is 13.6 Å². The summed E-state index contributed by atoms with van der Waals surface area (Å²) in [5, 5.41) is 7.46. The van der Waals surface area contributed by atoms with E-state index in [0.29, 0.717) is 12.4 Å². The Labute approximate surface area is 160 Å². The number of hydrogen-bond donors (Lipinski definition) is 1. The van der Waals surface area contributed by atoms with Crippen molar-refractivity contribution in [2.24, 2.45) is 0 Å². The molecule has 1 N–H and O–H groups in total. The highest BCUT2D eigenvalue weighted by Gasteiger charge is 2.20. The number of aryl methyl sites for hydroxylation is 1. The second-order valence-electron chi connectivity index (χ2n) is 6.30. The smallest absolute Gasteiger partial charge is 0.317 e. The zero-order valence-electron chi connectivity index (χ0n) is 15.1. The molecule has 0 spiro atoms. The van der Waals surface area contributed by atoms with Gasteiger partial charge in [-0.1, -0.05) is 42.0 Å². The first kappa shape index (κ1) is 17.7. The molecular weight excluding hydrogens is 359 g/mol. The van der Waals surface area contributed by atoms with Gasteiger partial charge in [0.05, 0.1) is 6.26 Å². The molecule has 2 aromatic carbocycles. The summed E-state index contributed by atoms with van der Waals surface area (Å²) in [5.74, 6) is 0.118. The minimum atomic E-state index is -0.433. The Morgan fingerprint density at radius 1 is 1.11 bits per heavy atom. The number of furan rings is 1. The molecule has 0 saturated heterocycles. The Kier molecular flexibility index (Phi) is 4.72. The standard InChI is InChI=1S/C21H17FN4O2/c1-14-4-8-16(9-5-14)19-24-21(23-13-15-6-10-17(22)11-7-15)26(25-19)20(27)18-3-2-12-28-18/h2-12H,13H2,1H3,(H,23,24,25). The summed E-state index contributed by atoms with van der Waals surface area (Å²) in [5.41, 5.74) is 2.75. The minimum Gasteiger partial charge on any atom is -0.459 e. The lowest BCUT2D eigenvalue weighted by atomic mass is 10.1. The summed E-state index contributed by atoms with van der Waals surface area (Å²) in [6.07, 6.45) is 1.43. The highest BCUT2D eigenvalue weighted by Crippen LogP contribution is 2.20. The number of hydrogen-bond acceptors (Lipinski definition) is 5. The van der Waals surface area contributed by atoms with Crippen LogP contribution in [0.25, 0.3) is 11.4 Å². The van der Waals surface area contributed by atoms with Crippen molar-refractivity contribution in [3.8, 4) is 11.4 Å². The number of anilines is 1. The molecule has 0 fully saturated rings. The van der Waals surface area contributed by atoms with Gasteiger partial charge in [-0.2, -0.15) is 9.67 Å². The van der Waals surface area contributed by atoms with Gasteiger partial charge in [-0.05, 0) is 36.8 Å². The number of carbonyl (C=O) groups excluding carboxylic acids is 1. The monoisotopic (exact) mass is 376 g/mol. The third-order valence-corrected chi connectivity index (χ3v) is 4.21. The normalized spacial score (nSPS) is 10.8. The number of nitrogens with one attached hydrogen (secondary N) is 1. The molecule has 0 radical (unpaired) electrons. The van der Waals surface area contributed by atoms with Gasteiger partial charge in [0.2, 0.25) is 5.95 Å². The Balaban J connectivity index is 1.66. The molecule has 0 unspecified atom stereocenters. The van der Waals surface area contributed by atoms with Gasteiger partial charge in [0, 0.05) is 12.1 Å². The third kappa shape index (κ3) is 3.68. The second kappa shape index (κ2) is 7.48. The number of rotatable bonds is 5. The molecule has 0 amide bonds. The van der Waals surface area contributed by atoms with Crippen LogP contribution >= 0.6 is 0 Å². The first-order valence-electron chi connectivity index (χ1n) is 8.71. The van der Waals surface area contributed by atoms with E-state index in [1.165, 1.54) is 23.1 Å². The lowest BCUT2D eigenvalue weighted by Crippen LogP contribution is -2.17. The van der Waals surface area contributed by atoms with E-state index >= 15 is 0 Å². The number of nitrogens with zero attached hydrogens (tertiary/aromatic N) is 3. The van der Waals surface area contributed by atoms with Crippen LogP contribution in [0.1, 0.15) is 21.7 Å². The average molecular weight is 376 g/mol. The Morgan fingerprint density at radius 2 is 1.86 bits per heavy atom. The van der Waals surface area contributed by atoms with Crippen molar-refractivity contribution in [2.75, 3.05) is 5.32 Å². The van der Waals surface area contributed by atoms with Crippen molar-refractivity contribution in [1.82, 2.24) is 14.8 Å². The maximum atomic E-state index is 13.1. The van der Waals surface area contributed by atoms with Gasteiger partial charge in [0.15, 0.2) is 11.6 Å².